The number of hydrogen-bond acceptors (Lipinski definition) is 1. The van der Waals surface area contributed by atoms with Crippen LogP contribution in [0.25, 0.3) is 12.2 Å². The average Bonchev–Trinajstić information content (AvgIpc) is 2.04. The molecule has 1 rings (SSSR count). The molecule has 0 radical (unpaired) electrons. The molecule has 0 N–H and O–H groups in total. The molecule has 0 atom stereocenters. The molecule has 12 heavy (non-hydrogen) atoms. The number of aromatic nitrogens is 1. The Kier molecular flexibility index (Phi) is 3.98. The minimum absolute atomic E-state index is 0. The molecule has 0 aliphatic rings. The van der Waals surface area contributed by atoms with Crippen LogP contribution in [0.4, 0.5) is 0 Å². The normalized spacial score (nSPS) is 8.42. The molecule has 1 heteroatoms. The van der Waals surface area contributed by atoms with E-state index in [0.29, 0.717) is 0 Å². The summed E-state index contributed by atoms with van der Waals surface area (Å²) >= 11 is 0. The summed E-state index contributed by atoms with van der Waals surface area (Å²) in [7, 11) is 0. The van der Waals surface area contributed by atoms with Crippen molar-refractivity contribution in [3.8, 4) is 0 Å². The zero-order valence-corrected chi connectivity index (χ0v) is 6.67. The van der Waals surface area contributed by atoms with Gasteiger partial charge in [0.25, 0.3) is 0 Å². The van der Waals surface area contributed by atoms with Gasteiger partial charge in [0.05, 0.1) is 5.69 Å². The van der Waals surface area contributed by atoms with Crippen molar-refractivity contribution in [1.82, 2.24) is 4.98 Å². The minimum Gasteiger partial charge on any atom is -0.256 e. The smallest absolute Gasteiger partial charge is 0.0698 e. The molecular weight excluding hydrogens is 146 g/mol. The first kappa shape index (κ1) is 10.6. The van der Waals surface area contributed by atoms with E-state index in [-0.39, 0.29) is 7.43 Å². The van der Waals surface area contributed by atoms with Crippen molar-refractivity contribution in [2.45, 2.75) is 14.4 Å². The molecule has 64 valence electrons. The van der Waals surface area contributed by atoms with Crippen LogP contribution in [0.3, 0.4) is 0 Å². The quantitative estimate of drug-likeness (QED) is 0.648. The Labute approximate surface area is 74.5 Å². The zero-order valence-electron chi connectivity index (χ0n) is 6.67. The van der Waals surface area contributed by atoms with Gasteiger partial charge in [-0.3, -0.25) is 4.98 Å². The van der Waals surface area contributed by atoms with Crippen LogP contribution in [-0.4, -0.2) is 4.98 Å². The van der Waals surface area contributed by atoms with E-state index in [0.717, 1.165) is 11.3 Å². The maximum atomic E-state index is 4.14. The van der Waals surface area contributed by atoms with E-state index in [9.17, 15) is 0 Å². The summed E-state index contributed by atoms with van der Waals surface area (Å²) in [5, 5.41) is 0. The fourth-order valence-electron chi connectivity index (χ4n) is 1.02. The van der Waals surface area contributed by atoms with Crippen molar-refractivity contribution in [3.63, 3.8) is 0 Å². The summed E-state index contributed by atoms with van der Waals surface area (Å²) in [5.74, 6) is 0. The number of nitrogens with zero attached hydrogens (tertiary/aromatic N) is 1. The highest BCUT2D eigenvalue weighted by molar-refractivity contribution is 5.62. The molecule has 1 heterocycles. The van der Waals surface area contributed by atoms with E-state index in [4.69, 9.17) is 0 Å². The van der Waals surface area contributed by atoms with Crippen molar-refractivity contribution in [3.05, 3.63) is 42.2 Å². The molecule has 0 amide bonds. The molecule has 1 aromatic rings. The van der Waals surface area contributed by atoms with E-state index in [1.165, 1.54) is 5.56 Å². The molecule has 0 saturated carbocycles. The Morgan fingerprint density at radius 1 is 1.33 bits per heavy atom. The molecule has 0 aromatic carbocycles. The van der Waals surface area contributed by atoms with Gasteiger partial charge in [-0.05, 0) is 24.6 Å². The molecule has 0 bridgehead atoms. The van der Waals surface area contributed by atoms with E-state index in [1.807, 2.05) is 13.0 Å². The van der Waals surface area contributed by atoms with E-state index >= 15 is 0 Å². The average molecular weight is 161 g/mol. The molecule has 0 aliphatic carbocycles. The Morgan fingerprint density at radius 2 is 2.00 bits per heavy atom. The topological polar surface area (TPSA) is 12.9 Å². The van der Waals surface area contributed by atoms with Gasteiger partial charge in [-0.2, -0.15) is 0 Å². The van der Waals surface area contributed by atoms with Gasteiger partial charge < -0.3 is 0 Å². The van der Waals surface area contributed by atoms with Crippen LogP contribution in [0.2, 0.25) is 0 Å². The molecule has 0 saturated heterocycles. The predicted molar refractivity (Wildman–Crippen MR) is 55.9 cm³/mol. The van der Waals surface area contributed by atoms with Gasteiger partial charge in [-0.25, -0.2) is 0 Å². The number of rotatable bonds is 2. The lowest BCUT2D eigenvalue weighted by molar-refractivity contribution is 1.24. The molecule has 0 unspecified atom stereocenters. The third kappa shape index (κ3) is 1.82. The highest BCUT2D eigenvalue weighted by atomic mass is 14.7. The summed E-state index contributed by atoms with van der Waals surface area (Å²) in [6.45, 7) is 9.42. The van der Waals surface area contributed by atoms with E-state index in [1.54, 1.807) is 18.3 Å². The van der Waals surface area contributed by atoms with Gasteiger partial charge in [0.2, 0.25) is 0 Å². The standard InChI is InChI=1S/C10H11N.CH4/c1-4-9-8(3)6-7-11-10(9)5-2;/h4-7H,1-2H2,3H3;1H4. The third-order valence-electron chi connectivity index (χ3n) is 1.64. The minimum atomic E-state index is 0. The second kappa shape index (κ2) is 4.50. The lowest BCUT2D eigenvalue weighted by atomic mass is 10.1. The molecule has 1 nitrogen and oxygen atoms in total. The molecular formula is C11H15N. The van der Waals surface area contributed by atoms with Gasteiger partial charge in [-0.15, -0.1) is 0 Å². The first-order valence-electron chi connectivity index (χ1n) is 3.50. The monoisotopic (exact) mass is 161 g/mol. The van der Waals surface area contributed by atoms with Crippen molar-refractivity contribution in [2.24, 2.45) is 0 Å². The predicted octanol–water partition coefficient (Wildman–Crippen LogP) is 3.31. The van der Waals surface area contributed by atoms with Gasteiger partial charge in [0.15, 0.2) is 0 Å². The van der Waals surface area contributed by atoms with Crippen molar-refractivity contribution in [1.29, 1.82) is 0 Å². The first-order chi connectivity index (χ1) is 5.29. The van der Waals surface area contributed by atoms with Crippen LogP contribution in [0.1, 0.15) is 24.2 Å². The largest absolute Gasteiger partial charge is 0.256 e. The zero-order chi connectivity index (χ0) is 8.27. The van der Waals surface area contributed by atoms with Gasteiger partial charge >= 0.3 is 0 Å². The summed E-state index contributed by atoms with van der Waals surface area (Å²) < 4.78 is 0. The molecule has 0 aliphatic heterocycles. The number of pyridine rings is 1. The SMILES string of the molecule is C.C=Cc1nccc(C)c1C=C. The van der Waals surface area contributed by atoms with Crippen molar-refractivity contribution < 1.29 is 0 Å². The maximum Gasteiger partial charge on any atom is 0.0698 e. The van der Waals surface area contributed by atoms with Crippen molar-refractivity contribution in [2.75, 3.05) is 0 Å². The summed E-state index contributed by atoms with van der Waals surface area (Å²) in [6.07, 6.45) is 5.32. The van der Waals surface area contributed by atoms with Gasteiger partial charge in [-0.1, -0.05) is 26.7 Å². The lowest BCUT2D eigenvalue weighted by Gasteiger charge is -2.01. The van der Waals surface area contributed by atoms with Crippen LogP contribution in [0.5, 0.6) is 0 Å². The third-order valence-corrected chi connectivity index (χ3v) is 1.64. The maximum absolute atomic E-state index is 4.14. The second-order valence-electron chi connectivity index (χ2n) is 2.34. The van der Waals surface area contributed by atoms with Crippen molar-refractivity contribution >= 4 is 12.2 Å². The fraction of sp³-hybridized carbons (Fsp3) is 0.182. The van der Waals surface area contributed by atoms with E-state index < -0.39 is 0 Å². The second-order valence-corrected chi connectivity index (χ2v) is 2.34. The molecule has 0 fully saturated rings. The Hall–Kier alpha value is -1.37. The fourth-order valence-corrected chi connectivity index (χ4v) is 1.02. The van der Waals surface area contributed by atoms with Crippen LogP contribution in [0.15, 0.2) is 25.4 Å². The number of hydrogen-bond donors (Lipinski definition) is 0. The van der Waals surface area contributed by atoms with Crippen LogP contribution < -0.4 is 0 Å². The summed E-state index contributed by atoms with van der Waals surface area (Å²) in [6, 6.07) is 1.96. The number of aryl methyl sites for hydroxylation is 1. The Balaban J connectivity index is 0.00000121. The van der Waals surface area contributed by atoms with Crippen LogP contribution in [-0.2, 0) is 0 Å². The van der Waals surface area contributed by atoms with E-state index in [2.05, 4.69) is 18.1 Å². The van der Waals surface area contributed by atoms with Crippen LogP contribution in [0, 0.1) is 6.92 Å². The summed E-state index contributed by atoms with van der Waals surface area (Å²) in [5.41, 5.74) is 3.16. The Bertz CT molecular complexity index is 287. The molecule has 0 spiro atoms. The molecule has 1 aromatic heterocycles. The highest BCUT2D eigenvalue weighted by Crippen LogP contribution is 2.13. The Morgan fingerprint density at radius 3 is 2.42 bits per heavy atom. The highest BCUT2D eigenvalue weighted by Gasteiger charge is 1.97. The summed E-state index contributed by atoms with van der Waals surface area (Å²) in [4.78, 5) is 4.14. The lowest BCUT2D eigenvalue weighted by Crippen LogP contribution is -1.88. The van der Waals surface area contributed by atoms with Gasteiger partial charge in [0.1, 0.15) is 0 Å². The first-order valence-corrected chi connectivity index (χ1v) is 3.50. The van der Waals surface area contributed by atoms with Crippen LogP contribution >= 0.6 is 0 Å². The van der Waals surface area contributed by atoms with Gasteiger partial charge in [0, 0.05) is 11.8 Å².